The normalized spacial score (nSPS) is 23.8. The van der Waals surface area contributed by atoms with E-state index in [1.165, 1.54) is 11.1 Å². The van der Waals surface area contributed by atoms with Gasteiger partial charge in [-0.15, -0.1) is 0 Å². The molecule has 0 fully saturated rings. The minimum Gasteiger partial charge on any atom is -0.355 e. The number of aromatic nitrogens is 1. The average Bonchev–Trinajstić information content (AvgIpc) is 2.75. The van der Waals surface area contributed by atoms with Gasteiger partial charge in [0.05, 0.1) is 0 Å². The fraction of sp³-hybridized carbons (Fsp3) is 0.269. The summed E-state index contributed by atoms with van der Waals surface area (Å²) in [5.41, 5.74) is 5.48. The third-order valence-corrected chi connectivity index (χ3v) is 6.17. The largest absolute Gasteiger partial charge is 0.355 e. The summed E-state index contributed by atoms with van der Waals surface area (Å²) in [7, 11) is 1.63. The van der Waals surface area contributed by atoms with Crippen molar-refractivity contribution in [1.29, 1.82) is 0 Å². The Bertz CT molecular complexity index is 1200. The number of allylic oxidation sites excluding steroid dienone is 3. The predicted octanol–water partition coefficient (Wildman–Crippen LogP) is 4.18. The maximum atomic E-state index is 12.1. The Hall–Kier alpha value is -3.47. The molecule has 5 heteroatoms. The summed E-state index contributed by atoms with van der Waals surface area (Å²) < 4.78 is 0. The second kappa shape index (κ2) is 8.34. The maximum absolute atomic E-state index is 12.1. The van der Waals surface area contributed by atoms with Crippen LogP contribution in [0.5, 0.6) is 0 Å². The quantitative estimate of drug-likeness (QED) is 0.583. The van der Waals surface area contributed by atoms with Gasteiger partial charge in [0.2, 0.25) is 5.56 Å². The number of carbonyl (C=O) groups is 1. The first-order valence-electron chi connectivity index (χ1n) is 10.6. The van der Waals surface area contributed by atoms with Crippen molar-refractivity contribution >= 4 is 18.2 Å². The standard InChI is InChI=1S/C26H27N3O2/c1-4-21-19-14-17(2)16-26(21,22-11-12-24(30)29-23(22)15-19)28-13-7-9-18-8-5-6-10-20(18)25(31)27-3/h4-14,19H,15-16H2,1-3H3,(H,27,31)(H,29,30)/b9-7+,21-4+,28-13+/t19-,26+/m0/s1. The molecular weight excluding hydrogens is 386 g/mol. The number of hydrogen-bond donors (Lipinski definition) is 2. The zero-order valence-electron chi connectivity index (χ0n) is 18.1. The summed E-state index contributed by atoms with van der Waals surface area (Å²) in [6.45, 7) is 4.21. The average molecular weight is 414 g/mol. The lowest BCUT2D eigenvalue weighted by molar-refractivity contribution is 0.0963. The lowest BCUT2D eigenvalue weighted by atomic mass is 9.63. The summed E-state index contributed by atoms with van der Waals surface area (Å²) in [6, 6.07) is 11.0. The van der Waals surface area contributed by atoms with E-state index in [4.69, 9.17) is 4.99 Å². The van der Waals surface area contributed by atoms with Crippen LogP contribution in [0.3, 0.4) is 0 Å². The molecule has 2 aliphatic carbocycles. The molecule has 2 aromatic rings. The SMILES string of the molecule is C/C=C1\[C@H]2C=C(C)C[C@]1(/N=C/C=C/c1ccccc1C(=O)NC)c1ccc(=O)[nH]c1C2. The van der Waals surface area contributed by atoms with E-state index in [1.807, 2.05) is 42.6 Å². The second-order valence-corrected chi connectivity index (χ2v) is 8.12. The Labute approximate surface area is 182 Å². The van der Waals surface area contributed by atoms with Gasteiger partial charge in [-0.1, -0.05) is 42.0 Å². The highest BCUT2D eigenvalue weighted by Crippen LogP contribution is 2.51. The number of pyridine rings is 1. The third kappa shape index (κ3) is 3.72. The summed E-state index contributed by atoms with van der Waals surface area (Å²) in [6.07, 6.45) is 11.6. The number of nitrogens with one attached hydrogen (secondary N) is 2. The zero-order valence-corrected chi connectivity index (χ0v) is 18.1. The number of amides is 1. The molecule has 0 saturated carbocycles. The molecular formula is C26H27N3O2. The molecule has 1 heterocycles. The molecule has 0 unspecified atom stereocenters. The lowest BCUT2D eigenvalue weighted by Gasteiger charge is -2.45. The molecule has 0 saturated heterocycles. The van der Waals surface area contributed by atoms with Crippen LogP contribution in [-0.2, 0) is 12.0 Å². The van der Waals surface area contributed by atoms with Crippen LogP contribution in [0.4, 0.5) is 0 Å². The van der Waals surface area contributed by atoms with Crippen LogP contribution in [0.2, 0.25) is 0 Å². The van der Waals surface area contributed by atoms with Gasteiger partial charge >= 0.3 is 0 Å². The van der Waals surface area contributed by atoms with Crippen LogP contribution < -0.4 is 10.9 Å². The molecule has 2 bridgehead atoms. The van der Waals surface area contributed by atoms with Crippen molar-refractivity contribution in [2.75, 3.05) is 7.05 Å². The highest BCUT2D eigenvalue weighted by Gasteiger charge is 2.46. The molecule has 1 aromatic carbocycles. The van der Waals surface area contributed by atoms with E-state index in [2.05, 4.69) is 36.3 Å². The van der Waals surface area contributed by atoms with E-state index in [1.54, 1.807) is 19.2 Å². The smallest absolute Gasteiger partial charge is 0.251 e. The number of aliphatic imine (C=N–C) groups is 1. The molecule has 1 amide bonds. The van der Waals surface area contributed by atoms with Crippen LogP contribution in [-0.4, -0.2) is 24.2 Å². The Morgan fingerprint density at radius 2 is 2.06 bits per heavy atom. The van der Waals surface area contributed by atoms with Crippen molar-refractivity contribution in [3.05, 3.63) is 98.5 Å². The van der Waals surface area contributed by atoms with Crippen molar-refractivity contribution in [3.63, 3.8) is 0 Å². The Morgan fingerprint density at radius 1 is 1.26 bits per heavy atom. The Morgan fingerprint density at radius 3 is 2.84 bits per heavy atom. The van der Waals surface area contributed by atoms with E-state index in [0.717, 1.165) is 29.7 Å². The highest BCUT2D eigenvalue weighted by atomic mass is 16.1. The topological polar surface area (TPSA) is 74.3 Å². The van der Waals surface area contributed by atoms with Crippen molar-refractivity contribution < 1.29 is 4.79 Å². The van der Waals surface area contributed by atoms with E-state index < -0.39 is 5.54 Å². The highest BCUT2D eigenvalue weighted by molar-refractivity contribution is 5.98. The summed E-state index contributed by atoms with van der Waals surface area (Å²) in [5.74, 6) is 0.118. The first kappa shape index (κ1) is 20.8. The fourth-order valence-corrected chi connectivity index (χ4v) is 4.95. The number of hydrogen-bond acceptors (Lipinski definition) is 3. The van der Waals surface area contributed by atoms with Gasteiger partial charge in [-0.3, -0.25) is 14.6 Å². The van der Waals surface area contributed by atoms with Crippen molar-refractivity contribution in [3.8, 4) is 0 Å². The van der Waals surface area contributed by atoms with Gasteiger partial charge in [0, 0.05) is 48.5 Å². The molecule has 1 aromatic heterocycles. The van der Waals surface area contributed by atoms with Gasteiger partial charge in [0.25, 0.3) is 5.91 Å². The van der Waals surface area contributed by atoms with Gasteiger partial charge in [-0.25, -0.2) is 0 Å². The maximum Gasteiger partial charge on any atom is 0.251 e. The van der Waals surface area contributed by atoms with Crippen LogP contribution in [0.1, 0.15) is 47.4 Å². The Balaban J connectivity index is 1.75. The van der Waals surface area contributed by atoms with Gasteiger partial charge in [0.15, 0.2) is 0 Å². The first-order chi connectivity index (χ1) is 15.0. The van der Waals surface area contributed by atoms with E-state index in [0.29, 0.717) is 5.56 Å². The van der Waals surface area contributed by atoms with Crippen LogP contribution in [0, 0.1) is 5.92 Å². The molecule has 0 radical (unpaired) electrons. The number of H-pyrrole nitrogens is 1. The van der Waals surface area contributed by atoms with Crippen LogP contribution in [0.15, 0.2) is 75.6 Å². The van der Waals surface area contributed by atoms with Gasteiger partial charge in [0.1, 0.15) is 5.54 Å². The molecule has 2 N–H and O–H groups in total. The van der Waals surface area contributed by atoms with E-state index >= 15 is 0 Å². The summed E-state index contributed by atoms with van der Waals surface area (Å²) in [4.78, 5) is 32.2. The first-order valence-corrected chi connectivity index (χ1v) is 10.6. The van der Waals surface area contributed by atoms with Crippen molar-refractivity contribution in [2.45, 2.75) is 32.2 Å². The number of benzene rings is 1. The third-order valence-electron chi connectivity index (χ3n) is 6.17. The molecule has 4 rings (SSSR count). The summed E-state index contributed by atoms with van der Waals surface area (Å²) >= 11 is 0. The predicted molar refractivity (Wildman–Crippen MR) is 125 cm³/mol. The van der Waals surface area contributed by atoms with Gasteiger partial charge in [-0.2, -0.15) is 0 Å². The molecule has 2 atom stereocenters. The van der Waals surface area contributed by atoms with Gasteiger partial charge < -0.3 is 10.3 Å². The van der Waals surface area contributed by atoms with Crippen molar-refractivity contribution in [2.24, 2.45) is 10.9 Å². The molecule has 158 valence electrons. The monoisotopic (exact) mass is 413 g/mol. The fourth-order valence-electron chi connectivity index (χ4n) is 4.95. The minimum absolute atomic E-state index is 0.0775. The number of carbonyl (C=O) groups excluding carboxylic acids is 1. The molecule has 0 aliphatic heterocycles. The molecule has 5 nitrogen and oxygen atoms in total. The summed E-state index contributed by atoms with van der Waals surface area (Å²) in [5, 5.41) is 2.68. The molecule has 31 heavy (non-hydrogen) atoms. The second-order valence-electron chi connectivity index (χ2n) is 8.12. The molecule has 0 spiro atoms. The van der Waals surface area contributed by atoms with E-state index in [9.17, 15) is 9.59 Å². The molecule has 2 aliphatic rings. The number of fused-ring (bicyclic) bond motifs is 4. The van der Waals surface area contributed by atoms with E-state index in [-0.39, 0.29) is 17.4 Å². The zero-order chi connectivity index (χ0) is 22.0. The lowest BCUT2D eigenvalue weighted by Crippen LogP contribution is -2.40. The van der Waals surface area contributed by atoms with Crippen LogP contribution in [0.25, 0.3) is 6.08 Å². The van der Waals surface area contributed by atoms with Crippen molar-refractivity contribution in [1.82, 2.24) is 10.3 Å². The number of rotatable bonds is 4. The van der Waals surface area contributed by atoms with Gasteiger partial charge in [-0.05, 0) is 49.6 Å². The minimum atomic E-state index is -0.513. The van der Waals surface area contributed by atoms with Crippen LogP contribution >= 0.6 is 0 Å². The number of nitrogens with zero attached hydrogens (tertiary/aromatic N) is 1. The number of aromatic amines is 1. The Kier molecular flexibility index (Phi) is 5.59.